The third-order valence-corrected chi connectivity index (χ3v) is 1.82. The molecule has 2 nitrogen and oxygen atoms in total. The zero-order valence-electron chi connectivity index (χ0n) is 7.76. The molecule has 0 aromatic rings. The molecule has 0 spiro atoms. The average Bonchev–Trinajstić information content (AvgIpc) is 2.03. The Hall–Kier alpha value is -0.0500. The summed E-state index contributed by atoms with van der Waals surface area (Å²) in [4.78, 5) is 0. The van der Waals surface area contributed by atoms with Gasteiger partial charge in [-0.05, 0) is 5.92 Å². The highest BCUT2D eigenvalue weighted by atomic mass is 35.5. The van der Waals surface area contributed by atoms with Gasteiger partial charge in [-0.15, -0.1) is 11.6 Å². The maximum absolute atomic E-state index is 9.37. The highest BCUT2D eigenvalue weighted by Crippen LogP contribution is 1.98. The Morgan fingerprint density at radius 1 is 1.42 bits per heavy atom. The molecule has 0 aliphatic carbocycles. The predicted octanol–water partition coefficient (Wildman–Crippen LogP) is 1.39. The van der Waals surface area contributed by atoms with Crippen LogP contribution in [0.25, 0.3) is 0 Å². The van der Waals surface area contributed by atoms with E-state index in [0.717, 1.165) is 6.54 Å². The van der Waals surface area contributed by atoms with Gasteiger partial charge < -0.3 is 10.4 Å². The van der Waals surface area contributed by atoms with Crippen LogP contribution in [0.1, 0.15) is 13.8 Å². The van der Waals surface area contributed by atoms with Crippen LogP contribution in [0.2, 0.25) is 0 Å². The van der Waals surface area contributed by atoms with E-state index in [-0.39, 0.29) is 6.10 Å². The van der Waals surface area contributed by atoms with Crippen molar-refractivity contribution in [1.29, 1.82) is 0 Å². The van der Waals surface area contributed by atoms with E-state index in [2.05, 4.69) is 5.32 Å². The Bertz CT molecular complexity index is 126. The minimum atomic E-state index is -0.255. The maximum Gasteiger partial charge on any atom is 0.0687 e. The number of halogens is 1. The number of rotatable bonds is 6. The van der Waals surface area contributed by atoms with Gasteiger partial charge in [-0.2, -0.15) is 0 Å². The van der Waals surface area contributed by atoms with E-state index in [4.69, 9.17) is 11.6 Å². The summed E-state index contributed by atoms with van der Waals surface area (Å²) in [5.74, 6) is 0.864. The van der Waals surface area contributed by atoms with Crippen LogP contribution >= 0.6 is 11.6 Å². The third kappa shape index (κ3) is 6.65. The second-order valence-corrected chi connectivity index (χ2v) is 3.40. The summed E-state index contributed by atoms with van der Waals surface area (Å²) in [7, 11) is 0. The van der Waals surface area contributed by atoms with Gasteiger partial charge in [0.25, 0.3) is 0 Å². The second-order valence-electron chi connectivity index (χ2n) is 3.10. The lowest BCUT2D eigenvalue weighted by molar-refractivity contribution is 0.125. The third-order valence-electron chi connectivity index (χ3n) is 1.64. The van der Waals surface area contributed by atoms with Crippen molar-refractivity contribution in [3.63, 3.8) is 0 Å². The first-order valence-electron chi connectivity index (χ1n) is 4.28. The fourth-order valence-corrected chi connectivity index (χ4v) is 0.823. The van der Waals surface area contributed by atoms with E-state index in [1.165, 1.54) is 0 Å². The molecule has 1 unspecified atom stereocenters. The van der Waals surface area contributed by atoms with Crippen LogP contribution in [0, 0.1) is 5.92 Å². The molecule has 12 heavy (non-hydrogen) atoms. The zero-order chi connectivity index (χ0) is 9.40. The summed E-state index contributed by atoms with van der Waals surface area (Å²) in [5.41, 5.74) is 0. The predicted molar refractivity (Wildman–Crippen MR) is 53.6 cm³/mol. The molecule has 0 saturated heterocycles. The smallest absolute Gasteiger partial charge is 0.0687 e. The van der Waals surface area contributed by atoms with Gasteiger partial charge in [-0.3, -0.25) is 0 Å². The van der Waals surface area contributed by atoms with Crippen LogP contribution in [0.5, 0.6) is 0 Å². The minimum absolute atomic E-state index is 0.255. The van der Waals surface area contributed by atoms with Gasteiger partial charge in [0, 0.05) is 19.0 Å². The van der Waals surface area contributed by atoms with Crippen LogP contribution in [-0.4, -0.2) is 30.2 Å². The number of allylic oxidation sites excluding steroid dienone is 1. The number of nitrogens with one attached hydrogen (secondary N) is 1. The first-order valence-corrected chi connectivity index (χ1v) is 4.81. The van der Waals surface area contributed by atoms with Gasteiger partial charge >= 0.3 is 0 Å². The molecule has 0 saturated carbocycles. The SMILES string of the molecule is CC(C)C(O)CNC/C=C/CCl. The summed E-state index contributed by atoms with van der Waals surface area (Å²) >= 11 is 5.43. The van der Waals surface area contributed by atoms with Crippen molar-refractivity contribution in [2.24, 2.45) is 5.92 Å². The first kappa shape index (κ1) is 11.9. The Balaban J connectivity index is 3.25. The van der Waals surface area contributed by atoms with Crippen molar-refractivity contribution in [3.8, 4) is 0 Å². The maximum atomic E-state index is 9.37. The Kier molecular flexibility index (Phi) is 7.56. The van der Waals surface area contributed by atoms with Crippen molar-refractivity contribution in [2.45, 2.75) is 20.0 Å². The molecule has 3 heteroatoms. The molecule has 0 aliphatic heterocycles. The molecule has 2 N–H and O–H groups in total. The first-order chi connectivity index (χ1) is 5.68. The van der Waals surface area contributed by atoms with Crippen molar-refractivity contribution in [1.82, 2.24) is 5.32 Å². The molecular formula is C9H18ClNO. The number of hydrogen-bond acceptors (Lipinski definition) is 2. The average molecular weight is 192 g/mol. The molecule has 0 aromatic heterocycles. The van der Waals surface area contributed by atoms with E-state index in [9.17, 15) is 5.11 Å². The summed E-state index contributed by atoms with van der Waals surface area (Å²) in [6.07, 6.45) is 3.59. The normalized spacial score (nSPS) is 14.4. The van der Waals surface area contributed by atoms with Gasteiger partial charge in [-0.25, -0.2) is 0 Å². The summed E-state index contributed by atoms with van der Waals surface area (Å²) in [5, 5.41) is 12.5. The molecule has 72 valence electrons. The van der Waals surface area contributed by atoms with Crippen molar-refractivity contribution in [2.75, 3.05) is 19.0 Å². The number of aliphatic hydroxyl groups is 1. The molecule has 0 fully saturated rings. The fourth-order valence-electron chi connectivity index (χ4n) is 0.697. The number of alkyl halides is 1. The molecule has 0 rings (SSSR count). The molecule has 0 radical (unpaired) electrons. The fraction of sp³-hybridized carbons (Fsp3) is 0.778. The highest BCUT2D eigenvalue weighted by Gasteiger charge is 2.06. The van der Waals surface area contributed by atoms with Gasteiger partial charge in [0.2, 0.25) is 0 Å². The standard InChI is InChI=1S/C9H18ClNO/c1-8(2)9(12)7-11-6-4-3-5-10/h3-4,8-9,11-12H,5-7H2,1-2H3/b4-3+. The number of hydrogen-bond donors (Lipinski definition) is 2. The minimum Gasteiger partial charge on any atom is -0.392 e. The summed E-state index contributed by atoms with van der Waals surface area (Å²) < 4.78 is 0. The summed E-state index contributed by atoms with van der Waals surface area (Å²) in [6, 6.07) is 0. The topological polar surface area (TPSA) is 32.3 Å². The van der Waals surface area contributed by atoms with E-state index < -0.39 is 0 Å². The van der Waals surface area contributed by atoms with E-state index in [0.29, 0.717) is 18.3 Å². The lowest BCUT2D eigenvalue weighted by Gasteiger charge is -2.13. The number of aliphatic hydroxyl groups excluding tert-OH is 1. The largest absolute Gasteiger partial charge is 0.392 e. The molecule has 0 aliphatic rings. The Labute approximate surface area is 79.6 Å². The monoisotopic (exact) mass is 191 g/mol. The highest BCUT2D eigenvalue weighted by molar-refractivity contribution is 6.18. The van der Waals surface area contributed by atoms with E-state index in [1.54, 1.807) is 0 Å². The van der Waals surface area contributed by atoms with Crippen molar-refractivity contribution < 1.29 is 5.11 Å². The van der Waals surface area contributed by atoms with Crippen molar-refractivity contribution in [3.05, 3.63) is 12.2 Å². The van der Waals surface area contributed by atoms with Crippen LogP contribution in [0.15, 0.2) is 12.2 Å². The van der Waals surface area contributed by atoms with Gasteiger partial charge in [0.1, 0.15) is 0 Å². The quantitative estimate of drug-likeness (QED) is 0.378. The van der Waals surface area contributed by atoms with Gasteiger partial charge in [-0.1, -0.05) is 26.0 Å². The molecular weight excluding hydrogens is 174 g/mol. The summed E-state index contributed by atoms with van der Waals surface area (Å²) in [6.45, 7) is 5.42. The molecule has 0 amide bonds. The van der Waals surface area contributed by atoms with Crippen molar-refractivity contribution >= 4 is 11.6 Å². The second kappa shape index (κ2) is 7.59. The van der Waals surface area contributed by atoms with Gasteiger partial charge in [0.05, 0.1) is 6.10 Å². The van der Waals surface area contributed by atoms with Gasteiger partial charge in [0.15, 0.2) is 0 Å². The van der Waals surface area contributed by atoms with E-state index >= 15 is 0 Å². The Morgan fingerprint density at radius 3 is 2.58 bits per heavy atom. The molecule has 0 heterocycles. The van der Waals surface area contributed by atoms with Crippen LogP contribution < -0.4 is 5.32 Å². The zero-order valence-corrected chi connectivity index (χ0v) is 8.51. The lowest BCUT2D eigenvalue weighted by atomic mass is 10.1. The van der Waals surface area contributed by atoms with Crippen LogP contribution in [0.3, 0.4) is 0 Å². The van der Waals surface area contributed by atoms with Crippen LogP contribution in [-0.2, 0) is 0 Å². The lowest BCUT2D eigenvalue weighted by Crippen LogP contribution is -2.30. The van der Waals surface area contributed by atoms with E-state index in [1.807, 2.05) is 26.0 Å². The molecule has 0 aromatic carbocycles. The molecule has 1 atom stereocenters. The van der Waals surface area contributed by atoms with Crippen LogP contribution in [0.4, 0.5) is 0 Å². The Morgan fingerprint density at radius 2 is 2.08 bits per heavy atom. The molecule has 0 bridgehead atoms.